The van der Waals surface area contributed by atoms with Crippen LogP contribution in [0.4, 0.5) is 4.39 Å². The summed E-state index contributed by atoms with van der Waals surface area (Å²) in [7, 11) is 0. The van der Waals surface area contributed by atoms with E-state index >= 15 is 0 Å². The van der Waals surface area contributed by atoms with Crippen molar-refractivity contribution >= 4 is 5.97 Å². The van der Waals surface area contributed by atoms with Crippen LogP contribution in [0.15, 0.2) is 36.5 Å². The van der Waals surface area contributed by atoms with Gasteiger partial charge in [0.25, 0.3) is 0 Å². The Balaban J connectivity index is 2.61. The summed E-state index contributed by atoms with van der Waals surface area (Å²) in [6.45, 7) is 1.85. The normalized spacial score (nSPS) is 10.5. The van der Waals surface area contributed by atoms with Gasteiger partial charge in [0.2, 0.25) is 0 Å². The number of aromatic carboxylic acids is 1. The van der Waals surface area contributed by atoms with Gasteiger partial charge in [-0.15, -0.1) is 0 Å². The number of carbonyl (C=O) groups is 1. The zero-order valence-corrected chi connectivity index (χ0v) is 9.35. The quantitative estimate of drug-likeness (QED) is 0.885. The molecule has 1 heterocycles. The number of para-hydroxylation sites is 1. The second kappa shape index (κ2) is 4.41. The molecule has 88 valence electrons. The molecule has 0 bridgehead atoms. The van der Waals surface area contributed by atoms with E-state index < -0.39 is 5.97 Å². The van der Waals surface area contributed by atoms with Crippen molar-refractivity contribution in [2.45, 2.75) is 13.3 Å². The highest BCUT2D eigenvalue weighted by Gasteiger charge is 2.15. The molecule has 0 aliphatic heterocycles. The van der Waals surface area contributed by atoms with Crippen molar-refractivity contribution in [3.63, 3.8) is 0 Å². The summed E-state index contributed by atoms with van der Waals surface area (Å²) in [5.41, 5.74) is 1.19. The molecular weight excluding hydrogens is 221 g/mol. The van der Waals surface area contributed by atoms with E-state index in [1.54, 1.807) is 29.0 Å². The molecule has 0 aliphatic carbocycles. The van der Waals surface area contributed by atoms with E-state index in [4.69, 9.17) is 5.11 Å². The average molecular weight is 233 g/mol. The standard InChI is InChI=1S/C13H12FNO2/c1-2-11-9(13(16)17)7-8-15(11)12-6-4-3-5-10(12)14/h3-8H,2H2,1H3,(H,16,17). The van der Waals surface area contributed by atoms with Gasteiger partial charge in [0, 0.05) is 11.9 Å². The van der Waals surface area contributed by atoms with Crippen LogP contribution in [-0.4, -0.2) is 15.6 Å². The summed E-state index contributed by atoms with van der Waals surface area (Å²) in [4.78, 5) is 11.0. The highest BCUT2D eigenvalue weighted by Crippen LogP contribution is 2.20. The first-order valence-corrected chi connectivity index (χ1v) is 5.33. The molecule has 1 N–H and O–H groups in total. The molecule has 17 heavy (non-hydrogen) atoms. The van der Waals surface area contributed by atoms with Gasteiger partial charge < -0.3 is 9.67 Å². The molecule has 0 atom stereocenters. The van der Waals surface area contributed by atoms with Gasteiger partial charge in [0.05, 0.1) is 11.3 Å². The molecule has 0 aliphatic rings. The zero-order chi connectivity index (χ0) is 12.4. The third-order valence-electron chi connectivity index (χ3n) is 2.67. The molecule has 1 aromatic heterocycles. The van der Waals surface area contributed by atoms with Crippen molar-refractivity contribution < 1.29 is 14.3 Å². The van der Waals surface area contributed by atoms with Crippen molar-refractivity contribution in [3.05, 3.63) is 53.6 Å². The van der Waals surface area contributed by atoms with E-state index in [1.807, 2.05) is 6.92 Å². The van der Waals surface area contributed by atoms with E-state index in [0.29, 0.717) is 17.8 Å². The summed E-state index contributed by atoms with van der Waals surface area (Å²) < 4.78 is 15.2. The predicted octanol–water partition coefficient (Wildman–Crippen LogP) is 2.88. The Morgan fingerprint density at radius 1 is 1.35 bits per heavy atom. The van der Waals surface area contributed by atoms with E-state index in [1.165, 1.54) is 12.1 Å². The van der Waals surface area contributed by atoms with Crippen molar-refractivity contribution in [3.8, 4) is 5.69 Å². The molecule has 2 aromatic rings. The molecule has 3 nitrogen and oxygen atoms in total. The van der Waals surface area contributed by atoms with Crippen LogP contribution in [0.25, 0.3) is 5.69 Å². The molecule has 0 saturated carbocycles. The largest absolute Gasteiger partial charge is 0.478 e. The van der Waals surface area contributed by atoms with Gasteiger partial charge in [-0.1, -0.05) is 19.1 Å². The van der Waals surface area contributed by atoms with Gasteiger partial charge in [0.15, 0.2) is 0 Å². The summed E-state index contributed by atoms with van der Waals surface area (Å²) in [6.07, 6.45) is 2.11. The molecule has 0 spiro atoms. The Morgan fingerprint density at radius 2 is 2.06 bits per heavy atom. The smallest absolute Gasteiger partial charge is 0.337 e. The monoisotopic (exact) mass is 233 g/mol. The van der Waals surface area contributed by atoms with Crippen LogP contribution in [0.5, 0.6) is 0 Å². The number of aromatic nitrogens is 1. The maximum atomic E-state index is 13.6. The van der Waals surface area contributed by atoms with Crippen molar-refractivity contribution in [1.29, 1.82) is 0 Å². The molecule has 1 aromatic carbocycles. The van der Waals surface area contributed by atoms with Crippen LogP contribution in [-0.2, 0) is 6.42 Å². The van der Waals surface area contributed by atoms with Gasteiger partial charge in [0.1, 0.15) is 5.82 Å². The number of carboxylic acids is 1. The van der Waals surface area contributed by atoms with Crippen molar-refractivity contribution in [2.24, 2.45) is 0 Å². The Morgan fingerprint density at radius 3 is 2.65 bits per heavy atom. The zero-order valence-electron chi connectivity index (χ0n) is 9.35. The van der Waals surface area contributed by atoms with Gasteiger partial charge in [-0.3, -0.25) is 0 Å². The van der Waals surface area contributed by atoms with Crippen LogP contribution < -0.4 is 0 Å². The number of halogens is 1. The number of hydrogen-bond donors (Lipinski definition) is 1. The van der Waals surface area contributed by atoms with Gasteiger partial charge >= 0.3 is 5.97 Å². The minimum atomic E-state index is -0.989. The lowest BCUT2D eigenvalue weighted by Crippen LogP contribution is -2.05. The fourth-order valence-electron chi connectivity index (χ4n) is 1.89. The maximum absolute atomic E-state index is 13.6. The van der Waals surface area contributed by atoms with Gasteiger partial charge in [-0.05, 0) is 24.6 Å². The van der Waals surface area contributed by atoms with Crippen LogP contribution in [0.1, 0.15) is 23.0 Å². The molecule has 0 fully saturated rings. The molecule has 2 rings (SSSR count). The number of benzene rings is 1. The lowest BCUT2D eigenvalue weighted by Gasteiger charge is -2.09. The fourth-order valence-corrected chi connectivity index (χ4v) is 1.89. The Kier molecular flexibility index (Phi) is 2.95. The topological polar surface area (TPSA) is 42.2 Å². The van der Waals surface area contributed by atoms with Crippen LogP contribution >= 0.6 is 0 Å². The van der Waals surface area contributed by atoms with E-state index in [9.17, 15) is 9.18 Å². The van der Waals surface area contributed by atoms with E-state index in [-0.39, 0.29) is 11.4 Å². The number of nitrogens with zero attached hydrogens (tertiary/aromatic N) is 1. The maximum Gasteiger partial charge on any atom is 0.337 e. The third kappa shape index (κ3) is 1.93. The number of hydrogen-bond acceptors (Lipinski definition) is 1. The van der Waals surface area contributed by atoms with Crippen LogP contribution in [0.3, 0.4) is 0 Å². The number of carboxylic acid groups (broad SMARTS) is 1. The minimum absolute atomic E-state index is 0.218. The summed E-state index contributed by atoms with van der Waals surface area (Å²) in [5, 5.41) is 9.02. The Labute approximate surface area is 98.1 Å². The van der Waals surface area contributed by atoms with E-state index in [0.717, 1.165) is 0 Å². The molecule has 0 amide bonds. The van der Waals surface area contributed by atoms with Gasteiger partial charge in [-0.2, -0.15) is 0 Å². The van der Waals surface area contributed by atoms with Crippen LogP contribution in [0, 0.1) is 5.82 Å². The second-order valence-corrected chi connectivity index (χ2v) is 3.66. The average Bonchev–Trinajstić information content (AvgIpc) is 2.73. The summed E-state index contributed by atoms with van der Waals surface area (Å²) >= 11 is 0. The Bertz CT molecular complexity index is 560. The molecular formula is C13H12FNO2. The third-order valence-corrected chi connectivity index (χ3v) is 2.67. The van der Waals surface area contributed by atoms with Crippen LogP contribution in [0.2, 0.25) is 0 Å². The molecule has 0 saturated heterocycles. The Hall–Kier alpha value is -2.10. The number of rotatable bonds is 3. The fraction of sp³-hybridized carbons (Fsp3) is 0.154. The second-order valence-electron chi connectivity index (χ2n) is 3.66. The highest BCUT2D eigenvalue weighted by atomic mass is 19.1. The lowest BCUT2D eigenvalue weighted by molar-refractivity contribution is 0.0695. The first kappa shape index (κ1) is 11.4. The SMILES string of the molecule is CCc1c(C(=O)O)ccn1-c1ccccc1F. The first-order chi connectivity index (χ1) is 8.15. The lowest BCUT2D eigenvalue weighted by atomic mass is 10.2. The minimum Gasteiger partial charge on any atom is -0.478 e. The van der Waals surface area contributed by atoms with Gasteiger partial charge in [-0.25, -0.2) is 9.18 Å². The molecule has 0 unspecified atom stereocenters. The summed E-state index contributed by atoms with van der Waals surface area (Å²) in [5.74, 6) is -1.35. The molecule has 0 radical (unpaired) electrons. The summed E-state index contributed by atoms with van der Waals surface area (Å²) in [6, 6.07) is 7.80. The first-order valence-electron chi connectivity index (χ1n) is 5.33. The van der Waals surface area contributed by atoms with E-state index in [2.05, 4.69) is 0 Å². The predicted molar refractivity (Wildman–Crippen MR) is 62.1 cm³/mol. The van der Waals surface area contributed by atoms with Crippen molar-refractivity contribution in [1.82, 2.24) is 4.57 Å². The molecule has 4 heteroatoms. The highest BCUT2D eigenvalue weighted by molar-refractivity contribution is 5.89. The van der Waals surface area contributed by atoms with Crippen molar-refractivity contribution in [2.75, 3.05) is 0 Å².